The molecule has 0 aliphatic carbocycles. The molecular weight excluding hydrogens is 375 g/mol. The summed E-state index contributed by atoms with van der Waals surface area (Å²) in [6, 6.07) is 2.57. The standard InChI is InChI=1S/C18H20F3N5S/c1-12-15(3-4-16(24-12)18(19,20)21)27-26-10-17(11-26)8-25(9-17)7-14-5-22-13(2)23-6-14/h3-6H,7-11H2,1-2H3. The van der Waals surface area contributed by atoms with E-state index in [0.29, 0.717) is 11.1 Å². The van der Waals surface area contributed by atoms with E-state index < -0.39 is 11.9 Å². The molecule has 2 aliphatic rings. The lowest BCUT2D eigenvalue weighted by molar-refractivity contribution is -0.141. The summed E-state index contributed by atoms with van der Waals surface area (Å²) >= 11 is 1.50. The second-order valence-electron chi connectivity index (χ2n) is 7.45. The molecule has 0 bridgehead atoms. The van der Waals surface area contributed by atoms with Gasteiger partial charge in [-0.1, -0.05) is 0 Å². The molecule has 0 aromatic carbocycles. The number of hydrogen-bond acceptors (Lipinski definition) is 6. The van der Waals surface area contributed by atoms with Crippen LogP contribution in [0.25, 0.3) is 0 Å². The van der Waals surface area contributed by atoms with Crippen molar-refractivity contribution >= 4 is 11.9 Å². The van der Waals surface area contributed by atoms with E-state index in [-0.39, 0.29) is 0 Å². The second-order valence-corrected chi connectivity index (χ2v) is 8.59. The van der Waals surface area contributed by atoms with Crippen LogP contribution in [-0.2, 0) is 12.7 Å². The highest BCUT2D eigenvalue weighted by Crippen LogP contribution is 2.45. The number of halogens is 3. The van der Waals surface area contributed by atoms with Crippen LogP contribution in [0.2, 0.25) is 0 Å². The predicted octanol–water partition coefficient (Wildman–Crippen LogP) is 3.33. The minimum Gasteiger partial charge on any atom is -0.298 e. The van der Waals surface area contributed by atoms with Crippen LogP contribution < -0.4 is 0 Å². The fourth-order valence-electron chi connectivity index (χ4n) is 3.68. The van der Waals surface area contributed by atoms with E-state index in [0.717, 1.165) is 55.1 Å². The Morgan fingerprint density at radius 2 is 1.74 bits per heavy atom. The zero-order valence-electron chi connectivity index (χ0n) is 15.1. The summed E-state index contributed by atoms with van der Waals surface area (Å²) in [5.41, 5.74) is 1.02. The Labute approximate surface area is 160 Å². The summed E-state index contributed by atoms with van der Waals surface area (Å²) in [7, 11) is 0. The van der Waals surface area contributed by atoms with Crippen LogP contribution in [-0.4, -0.2) is 50.3 Å². The average molecular weight is 395 g/mol. The SMILES string of the molecule is Cc1ncc(CN2CC3(C2)CN(Sc2ccc(C(F)(F)F)nc2C)C3)cn1. The van der Waals surface area contributed by atoms with Crippen molar-refractivity contribution in [1.82, 2.24) is 24.2 Å². The van der Waals surface area contributed by atoms with Gasteiger partial charge in [0.1, 0.15) is 11.5 Å². The van der Waals surface area contributed by atoms with Crippen molar-refractivity contribution in [2.75, 3.05) is 26.2 Å². The minimum atomic E-state index is -4.40. The molecule has 0 saturated carbocycles. The first-order valence-corrected chi connectivity index (χ1v) is 9.47. The van der Waals surface area contributed by atoms with E-state index in [9.17, 15) is 13.2 Å². The number of pyridine rings is 1. The first-order valence-electron chi connectivity index (χ1n) is 8.70. The highest BCUT2D eigenvalue weighted by molar-refractivity contribution is 7.97. The largest absolute Gasteiger partial charge is 0.433 e. The van der Waals surface area contributed by atoms with E-state index in [1.165, 1.54) is 18.0 Å². The molecule has 2 fully saturated rings. The first-order chi connectivity index (χ1) is 12.7. The molecule has 144 valence electrons. The molecule has 0 radical (unpaired) electrons. The minimum absolute atomic E-state index is 0.311. The van der Waals surface area contributed by atoms with Crippen molar-refractivity contribution < 1.29 is 13.2 Å². The Hall–Kier alpha value is -1.71. The third-order valence-electron chi connectivity index (χ3n) is 4.94. The van der Waals surface area contributed by atoms with Gasteiger partial charge >= 0.3 is 6.18 Å². The van der Waals surface area contributed by atoms with Crippen LogP contribution in [0.3, 0.4) is 0 Å². The normalized spacial score (nSPS) is 19.7. The van der Waals surface area contributed by atoms with Gasteiger partial charge in [0.15, 0.2) is 0 Å². The van der Waals surface area contributed by atoms with Gasteiger partial charge in [-0.15, -0.1) is 0 Å². The number of aryl methyl sites for hydroxylation is 2. The molecule has 27 heavy (non-hydrogen) atoms. The topological polar surface area (TPSA) is 45.2 Å². The fraction of sp³-hybridized carbons (Fsp3) is 0.500. The molecule has 0 unspecified atom stereocenters. The van der Waals surface area contributed by atoms with Crippen molar-refractivity contribution in [2.24, 2.45) is 5.41 Å². The monoisotopic (exact) mass is 395 g/mol. The van der Waals surface area contributed by atoms with Crippen LogP contribution in [0.1, 0.15) is 22.8 Å². The van der Waals surface area contributed by atoms with Gasteiger partial charge in [0, 0.05) is 61.0 Å². The summed E-state index contributed by atoms with van der Waals surface area (Å²) in [6.45, 7) is 8.30. The molecule has 1 spiro atoms. The molecule has 2 aromatic rings. The summed E-state index contributed by atoms with van der Waals surface area (Å²) in [5, 5.41) is 0. The van der Waals surface area contributed by atoms with Crippen LogP contribution in [0.4, 0.5) is 13.2 Å². The van der Waals surface area contributed by atoms with Gasteiger partial charge in [0.05, 0.1) is 5.69 Å². The van der Waals surface area contributed by atoms with Gasteiger partial charge in [0.25, 0.3) is 0 Å². The molecule has 0 atom stereocenters. The Morgan fingerprint density at radius 1 is 1.07 bits per heavy atom. The molecule has 4 rings (SSSR count). The van der Waals surface area contributed by atoms with Crippen molar-refractivity contribution in [3.63, 3.8) is 0 Å². The van der Waals surface area contributed by atoms with Crippen LogP contribution in [0.15, 0.2) is 29.4 Å². The first kappa shape index (κ1) is 18.6. The summed E-state index contributed by atoms with van der Waals surface area (Å²) in [6.07, 6.45) is -0.653. The second kappa shape index (κ2) is 6.72. The van der Waals surface area contributed by atoms with E-state index in [1.54, 1.807) is 6.92 Å². The Kier molecular flexibility index (Phi) is 4.64. The predicted molar refractivity (Wildman–Crippen MR) is 95.9 cm³/mol. The molecule has 0 amide bonds. The third-order valence-corrected chi connectivity index (χ3v) is 6.08. The maximum absolute atomic E-state index is 12.7. The third kappa shape index (κ3) is 3.95. The van der Waals surface area contributed by atoms with Gasteiger partial charge in [0.2, 0.25) is 0 Å². The van der Waals surface area contributed by atoms with Gasteiger partial charge in [-0.3, -0.25) is 4.90 Å². The molecule has 4 heterocycles. The van der Waals surface area contributed by atoms with Crippen LogP contribution in [0, 0.1) is 19.3 Å². The molecule has 9 heteroatoms. The quantitative estimate of drug-likeness (QED) is 0.740. The lowest BCUT2D eigenvalue weighted by Crippen LogP contribution is -2.70. The molecule has 2 aromatic heterocycles. The van der Waals surface area contributed by atoms with Gasteiger partial charge in [-0.25, -0.2) is 19.3 Å². The number of aromatic nitrogens is 3. The maximum atomic E-state index is 12.7. The smallest absolute Gasteiger partial charge is 0.298 e. The lowest BCUT2D eigenvalue weighted by Gasteiger charge is -2.60. The van der Waals surface area contributed by atoms with E-state index in [2.05, 4.69) is 24.2 Å². The number of rotatable bonds is 4. The molecular formula is C18H20F3N5S. The van der Waals surface area contributed by atoms with Gasteiger partial charge < -0.3 is 0 Å². The van der Waals surface area contributed by atoms with Crippen molar-refractivity contribution in [2.45, 2.75) is 31.5 Å². The van der Waals surface area contributed by atoms with Gasteiger partial charge in [-0.05, 0) is 37.9 Å². The van der Waals surface area contributed by atoms with Crippen LogP contribution in [0.5, 0.6) is 0 Å². The van der Waals surface area contributed by atoms with E-state index in [1.807, 2.05) is 19.3 Å². The summed E-state index contributed by atoms with van der Waals surface area (Å²) < 4.78 is 40.3. The van der Waals surface area contributed by atoms with Crippen molar-refractivity contribution in [1.29, 1.82) is 0 Å². The highest BCUT2D eigenvalue weighted by Gasteiger charge is 2.51. The highest BCUT2D eigenvalue weighted by atomic mass is 32.2. The van der Waals surface area contributed by atoms with E-state index >= 15 is 0 Å². The fourth-order valence-corrected chi connectivity index (χ4v) is 4.94. The maximum Gasteiger partial charge on any atom is 0.433 e. The Bertz CT molecular complexity index is 826. The average Bonchev–Trinajstić information content (AvgIpc) is 2.53. The lowest BCUT2D eigenvalue weighted by atomic mass is 9.74. The Morgan fingerprint density at radius 3 is 2.33 bits per heavy atom. The van der Waals surface area contributed by atoms with Crippen molar-refractivity contribution in [3.05, 3.63) is 47.3 Å². The summed E-state index contributed by atoms with van der Waals surface area (Å²) in [5.74, 6) is 0.776. The zero-order valence-corrected chi connectivity index (χ0v) is 15.9. The zero-order chi connectivity index (χ0) is 19.2. The number of hydrogen-bond donors (Lipinski definition) is 0. The molecule has 2 saturated heterocycles. The van der Waals surface area contributed by atoms with Crippen molar-refractivity contribution in [3.8, 4) is 0 Å². The molecule has 5 nitrogen and oxygen atoms in total. The van der Waals surface area contributed by atoms with E-state index in [4.69, 9.17) is 0 Å². The van der Waals surface area contributed by atoms with Crippen LogP contribution >= 0.6 is 11.9 Å². The molecule has 2 aliphatic heterocycles. The molecule has 0 N–H and O–H groups in total. The number of likely N-dealkylation sites (tertiary alicyclic amines) is 1. The Balaban J connectivity index is 1.27. The van der Waals surface area contributed by atoms with Gasteiger partial charge in [-0.2, -0.15) is 13.2 Å². The number of nitrogens with zero attached hydrogens (tertiary/aromatic N) is 5. The summed E-state index contributed by atoms with van der Waals surface area (Å²) in [4.78, 5) is 15.3. The number of alkyl halides is 3.